The van der Waals surface area contributed by atoms with Crippen molar-refractivity contribution < 1.29 is 28.5 Å². The monoisotopic (exact) mass is 202 g/mol. The number of halogens is 2. The van der Waals surface area contributed by atoms with Crippen molar-refractivity contribution in [2.45, 2.75) is 6.11 Å². The zero-order valence-corrected chi connectivity index (χ0v) is 6.66. The summed E-state index contributed by atoms with van der Waals surface area (Å²) in [6.45, 7) is 0. The van der Waals surface area contributed by atoms with Crippen LogP contribution in [0.25, 0.3) is 0 Å². The van der Waals surface area contributed by atoms with Crippen LogP contribution >= 0.6 is 0 Å². The molecular weight excluding hydrogens is 198 g/mol. The zero-order chi connectivity index (χ0) is 10.3. The second kappa shape index (κ2) is 2.65. The van der Waals surface area contributed by atoms with Crippen LogP contribution in [0.1, 0.15) is 15.9 Å². The summed E-state index contributed by atoms with van der Waals surface area (Å²) in [7, 11) is 0. The minimum Gasteiger partial charge on any atom is -0.478 e. The van der Waals surface area contributed by atoms with E-state index in [0.717, 1.165) is 18.2 Å². The molecule has 0 fully saturated rings. The maximum absolute atomic E-state index is 12.8. The van der Waals surface area contributed by atoms with Crippen molar-refractivity contribution in [1.82, 2.24) is 0 Å². The van der Waals surface area contributed by atoms with Crippen molar-refractivity contribution in [1.29, 1.82) is 0 Å². The molecule has 14 heavy (non-hydrogen) atoms. The summed E-state index contributed by atoms with van der Waals surface area (Å²) in [5, 5.41) is 8.56. The summed E-state index contributed by atoms with van der Waals surface area (Å²) in [4.78, 5) is 18.4. The van der Waals surface area contributed by atoms with Crippen molar-refractivity contribution in [3.8, 4) is 5.75 Å². The molecule has 2 rings (SSSR count). The van der Waals surface area contributed by atoms with Crippen molar-refractivity contribution in [2.75, 3.05) is 0 Å². The number of rotatable bonds is 1. The van der Waals surface area contributed by atoms with E-state index in [2.05, 4.69) is 9.78 Å². The summed E-state index contributed by atoms with van der Waals surface area (Å²) in [5.41, 5.74) is -0.810. The second-order valence-corrected chi connectivity index (χ2v) is 2.70. The molecule has 1 aromatic rings. The van der Waals surface area contributed by atoms with Gasteiger partial charge in [0.25, 0.3) is 0 Å². The first-order chi connectivity index (χ1) is 6.50. The number of alkyl halides is 2. The lowest BCUT2D eigenvalue weighted by Gasteiger charge is -2.03. The first-order valence-electron chi connectivity index (χ1n) is 3.62. The highest BCUT2D eigenvalue weighted by atomic mass is 19.3. The lowest BCUT2D eigenvalue weighted by Crippen LogP contribution is -2.12. The Labute approximate surface area is 76.6 Å². The molecule has 0 radical (unpaired) electrons. The van der Waals surface area contributed by atoms with E-state index in [4.69, 9.17) is 5.11 Å². The van der Waals surface area contributed by atoms with E-state index in [9.17, 15) is 13.6 Å². The quantitative estimate of drug-likeness (QED) is 0.705. The molecule has 1 N–H and O–H groups in total. The fourth-order valence-electron chi connectivity index (χ4n) is 1.11. The Morgan fingerprint density at radius 1 is 1.43 bits per heavy atom. The fourth-order valence-corrected chi connectivity index (χ4v) is 1.11. The smallest absolute Gasteiger partial charge is 0.421 e. The number of hydrogen-bond acceptors (Lipinski definition) is 3. The number of hydrogen-bond donors (Lipinski definition) is 1. The average molecular weight is 202 g/mol. The zero-order valence-electron chi connectivity index (χ0n) is 6.66. The van der Waals surface area contributed by atoms with E-state index in [1.807, 2.05) is 0 Å². The highest BCUT2D eigenvalue weighted by Gasteiger charge is 2.44. The average Bonchev–Trinajstić information content (AvgIpc) is 2.42. The molecule has 4 nitrogen and oxygen atoms in total. The van der Waals surface area contributed by atoms with Crippen LogP contribution in [-0.4, -0.2) is 11.1 Å². The number of carbonyl (C=O) groups is 1. The van der Waals surface area contributed by atoms with Crippen LogP contribution < -0.4 is 4.89 Å². The highest BCUT2D eigenvalue weighted by Crippen LogP contribution is 2.42. The van der Waals surface area contributed by atoms with E-state index in [1.165, 1.54) is 0 Å². The molecule has 0 aliphatic carbocycles. The molecule has 0 aromatic heterocycles. The molecule has 1 aliphatic rings. The van der Waals surface area contributed by atoms with Gasteiger partial charge in [-0.25, -0.2) is 4.79 Å². The van der Waals surface area contributed by atoms with Gasteiger partial charge < -0.3 is 9.99 Å². The second-order valence-electron chi connectivity index (χ2n) is 2.70. The van der Waals surface area contributed by atoms with Gasteiger partial charge in [-0.05, 0) is 18.2 Å². The van der Waals surface area contributed by atoms with Gasteiger partial charge in [0.05, 0.1) is 5.56 Å². The Kier molecular flexibility index (Phi) is 1.68. The topological polar surface area (TPSA) is 55.8 Å². The molecule has 0 bridgehead atoms. The largest absolute Gasteiger partial charge is 0.478 e. The molecule has 1 heterocycles. The molecule has 0 amide bonds. The van der Waals surface area contributed by atoms with Gasteiger partial charge in [-0.2, -0.15) is 8.78 Å². The molecule has 0 atom stereocenters. The van der Waals surface area contributed by atoms with Gasteiger partial charge in [-0.3, -0.25) is 0 Å². The molecule has 0 saturated heterocycles. The summed E-state index contributed by atoms with van der Waals surface area (Å²) in [6.07, 6.45) is -3.58. The molecule has 6 heteroatoms. The number of benzene rings is 1. The number of aromatic carboxylic acids is 1. The third-order valence-electron chi connectivity index (χ3n) is 1.78. The molecule has 1 aliphatic heterocycles. The lowest BCUT2D eigenvalue weighted by molar-refractivity contribution is -0.376. The van der Waals surface area contributed by atoms with Gasteiger partial charge in [0.15, 0.2) is 5.75 Å². The van der Waals surface area contributed by atoms with E-state index in [-0.39, 0.29) is 11.3 Å². The molecule has 0 spiro atoms. The number of carboxylic acid groups (broad SMARTS) is 1. The summed E-state index contributed by atoms with van der Waals surface area (Å²) in [5.74, 6) is -1.45. The van der Waals surface area contributed by atoms with Crippen molar-refractivity contribution in [3.63, 3.8) is 0 Å². The molecule has 0 saturated carbocycles. The Morgan fingerprint density at radius 3 is 2.79 bits per heavy atom. The molecule has 74 valence electrons. The highest BCUT2D eigenvalue weighted by molar-refractivity contribution is 5.88. The van der Waals surface area contributed by atoms with Gasteiger partial charge >= 0.3 is 12.1 Å². The van der Waals surface area contributed by atoms with Crippen LogP contribution in [0, 0.1) is 0 Å². The van der Waals surface area contributed by atoms with Crippen LogP contribution in [-0.2, 0) is 11.0 Å². The van der Waals surface area contributed by atoms with Crippen LogP contribution in [0.3, 0.4) is 0 Å². The van der Waals surface area contributed by atoms with Gasteiger partial charge in [0, 0.05) is 0 Å². The first-order valence-corrected chi connectivity index (χ1v) is 3.62. The minimum absolute atomic E-state index is 0.167. The predicted molar refractivity (Wildman–Crippen MR) is 39.0 cm³/mol. The van der Waals surface area contributed by atoms with Crippen molar-refractivity contribution >= 4 is 5.97 Å². The Hall–Kier alpha value is -1.69. The predicted octanol–water partition coefficient (Wildman–Crippen LogP) is 1.76. The normalized spacial score (nSPS) is 17.3. The van der Waals surface area contributed by atoms with E-state index >= 15 is 0 Å². The van der Waals surface area contributed by atoms with Crippen molar-refractivity contribution in [3.05, 3.63) is 29.3 Å². The third-order valence-corrected chi connectivity index (χ3v) is 1.78. The SMILES string of the molecule is O=C(O)c1ccc2c(c1)C(F)(F)OO2. The maximum Gasteiger partial charge on any atom is 0.421 e. The number of carboxylic acids is 1. The van der Waals surface area contributed by atoms with E-state index < -0.39 is 17.6 Å². The first kappa shape index (κ1) is 8.89. The van der Waals surface area contributed by atoms with E-state index in [0.29, 0.717) is 0 Å². The van der Waals surface area contributed by atoms with Gasteiger partial charge in [0.1, 0.15) is 5.56 Å². The van der Waals surface area contributed by atoms with Crippen LogP contribution in [0.5, 0.6) is 5.75 Å². The maximum atomic E-state index is 12.8. The number of fused-ring (bicyclic) bond motifs is 1. The van der Waals surface area contributed by atoms with Crippen molar-refractivity contribution in [2.24, 2.45) is 0 Å². The molecule has 0 unspecified atom stereocenters. The van der Waals surface area contributed by atoms with Crippen LogP contribution in [0.4, 0.5) is 8.78 Å². The van der Waals surface area contributed by atoms with Crippen LogP contribution in [0.15, 0.2) is 18.2 Å². The third kappa shape index (κ3) is 1.20. The van der Waals surface area contributed by atoms with Crippen LogP contribution in [0.2, 0.25) is 0 Å². The summed E-state index contributed by atoms with van der Waals surface area (Å²) in [6, 6.07) is 3.11. The molecular formula is C8H4F2O4. The van der Waals surface area contributed by atoms with Gasteiger partial charge in [0.2, 0.25) is 0 Å². The minimum atomic E-state index is -3.58. The van der Waals surface area contributed by atoms with E-state index in [1.54, 1.807) is 0 Å². The lowest BCUT2D eigenvalue weighted by atomic mass is 10.1. The fraction of sp³-hybridized carbons (Fsp3) is 0.125. The Balaban J connectivity index is 2.53. The molecule has 1 aromatic carbocycles. The van der Waals surface area contributed by atoms with Gasteiger partial charge in [-0.1, -0.05) is 0 Å². The van der Waals surface area contributed by atoms with Gasteiger partial charge in [-0.15, -0.1) is 4.89 Å². The standard InChI is InChI=1S/C8H4F2O4/c9-8(10)5-3-4(7(11)12)1-2-6(5)13-14-8/h1-3H,(H,11,12). The Bertz CT molecular complexity index is 402. The summed E-state index contributed by atoms with van der Waals surface area (Å²) >= 11 is 0. The Morgan fingerprint density at radius 2 is 2.14 bits per heavy atom. The summed E-state index contributed by atoms with van der Waals surface area (Å²) < 4.78 is 25.7.